The maximum Gasteiger partial charge on any atom is 0.262 e. The molecular weight excluding hydrogens is 382 g/mol. The second-order valence-electron chi connectivity index (χ2n) is 6.89. The smallest absolute Gasteiger partial charge is 0.262 e. The monoisotopic (exact) mass is 401 g/mol. The zero-order valence-corrected chi connectivity index (χ0v) is 16.1. The van der Waals surface area contributed by atoms with Gasteiger partial charge in [0.05, 0.1) is 18.6 Å². The van der Waals surface area contributed by atoms with Crippen LogP contribution in [0.3, 0.4) is 0 Å². The zero-order chi connectivity index (χ0) is 20.3. The lowest BCUT2D eigenvalue weighted by Crippen LogP contribution is -2.14. The first-order chi connectivity index (χ1) is 14.8. The maximum absolute atomic E-state index is 12.8. The fourth-order valence-corrected chi connectivity index (χ4v) is 3.42. The fraction of sp³-hybridized carbons (Fsp3) is 0.182. The fourth-order valence-electron chi connectivity index (χ4n) is 3.42. The number of aromatic nitrogens is 4. The summed E-state index contributed by atoms with van der Waals surface area (Å²) in [5.41, 5.74) is 2.78. The highest BCUT2D eigenvalue weighted by atomic mass is 16.5. The minimum absolute atomic E-state index is 0.249. The summed E-state index contributed by atoms with van der Waals surface area (Å²) in [5.74, 6) is 1.84. The molecule has 0 atom stereocenters. The van der Waals surface area contributed by atoms with Gasteiger partial charge in [-0.05, 0) is 47.0 Å². The molecule has 2 N–H and O–H groups in total. The molecule has 30 heavy (non-hydrogen) atoms. The van der Waals surface area contributed by atoms with Crippen molar-refractivity contribution in [2.75, 3.05) is 18.5 Å². The summed E-state index contributed by atoms with van der Waals surface area (Å²) in [6.45, 7) is 1.76. The molecule has 4 aromatic rings. The first kappa shape index (κ1) is 18.1. The SMILES string of the molecule is O=c1[nH]c(NCc2ccc3c(c2)OCCCO3)nc2nccc(-c3ccncc3)c12. The molecule has 0 aliphatic carbocycles. The van der Waals surface area contributed by atoms with Crippen LogP contribution in [0.15, 0.2) is 59.8 Å². The van der Waals surface area contributed by atoms with Crippen LogP contribution in [0, 0.1) is 0 Å². The van der Waals surface area contributed by atoms with Gasteiger partial charge in [0.25, 0.3) is 5.56 Å². The number of hydrogen-bond donors (Lipinski definition) is 2. The third kappa shape index (κ3) is 3.55. The molecule has 5 rings (SSSR count). The van der Waals surface area contributed by atoms with Crippen LogP contribution < -0.4 is 20.3 Å². The number of rotatable bonds is 4. The quantitative estimate of drug-likeness (QED) is 0.541. The van der Waals surface area contributed by atoms with Gasteiger partial charge < -0.3 is 14.8 Å². The van der Waals surface area contributed by atoms with E-state index >= 15 is 0 Å². The predicted molar refractivity (Wildman–Crippen MR) is 113 cm³/mol. The molecule has 0 bridgehead atoms. The third-order valence-electron chi connectivity index (χ3n) is 4.87. The topological polar surface area (TPSA) is 102 Å². The average Bonchev–Trinajstić information content (AvgIpc) is 3.03. The molecule has 3 aromatic heterocycles. The number of H-pyrrole nitrogens is 1. The Bertz CT molecular complexity index is 1260. The van der Waals surface area contributed by atoms with E-state index in [1.807, 2.05) is 30.3 Å². The highest BCUT2D eigenvalue weighted by Gasteiger charge is 2.13. The molecule has 8 heteroatoms. The van der Waals surface area contributed by atoms with Crippen LogP contribution in [0.1, 0.15) is 12.0 Å². The van der Waals surface area contributed by atoms with E-state index in [9.17, 15) is 4.79 Å². The van der Waals surface area contributed by atoms with E-state index in [0.29, 0.717) is 36.7 Å². The highest BCUT2D eigenvalue weighted by Crippen LogP contribution is 2.30. The van der Waals surface area contributed by atoms with Crippen LogP contribution in [-0.2, 0) is 6.54 Å². The Morgan fingerprint density at radius 2 is 1.83 bits per heavy atom. The summed E-state index contributed by atoms with van der Waals surface area (Å²) in [7, 11) is 0. The third-order valence-corrected chi connectivity index (χ3v) is 4.87. The van der Waals surface area contributed by atoms with Crippen LogP contribution in [0.4, 0.5) is 5.95 Å². The van der Waals surface area contributed by atoms with Crippen LogP contribution in [-0.4, -0.2) is 33.1 Å². The van der Waals surface area contributed by atoms with Gasteiger partial charge in [-0.15, -0.1) is 0 Å². The van der Waals surface area contributed by atoms with E-state index in [-0.39, 0.29) is 5.56 Å². The Morgan fingerprint density at radius 1 is 1.00 bits per heavy atom. The molecule has 1 aliphatic rings. The van der Waals surface area contributed by atoms with Gasteiger partial charge in [0, 0.05) is 31.6 Å². The predicted octanol–water partition coefficient (Wildman–Crippen LogP) is 3.15. The molecule has 0 unspecified atom stereocenters. The standard InChI is InChI=1S/C22H19N5O3/c28-21-19-16(15-4-7-23-8-5-15)6-9-24-20(19)26-22(27-21)25-13-14-2-3-17-18(12-14)30-11-1-10-29-17/h2-9,12H,1,10-11,13H2,(H2,24,25,26,27,28). The van der Waals surface area contributed by atoms with Crippen LogP contribution >= 0.6 is 0 Å². The van der Waals surface area contributed by atoms with Crippen LogP contribution in [0.5, 0.6) is 11.5 Å². The number of ether oxygens (including phenoxy) is 2. The summed E-state index contributed by atoms with van der Waals surface area (Å²) in [6, 6.07) is 11.3. The summed E-state index contributed by atoms with van der Waals surface area (Å²) >= 11 is 0. The summed E-state index contributed by atoms with van der Waals surface area (Å²) in [5, 5.41) is 3.61. The van der Waals surface area contributed by atoms with Crippen molar-refractivity contribution < 1.29 is 9.47 Å². The number of nitrogens with one attached hydrogen (secondary N) is 2. The first-order valence-corrected chi connectivity index (χ1v) is 9.70. The van der Waals surface area contributed by atoms with Crippen molar-refractivity contribution in [3.63, 3.8) is 0 Å². The van der Waals surface area contributed by atoms with E-state index in [1.165, 1.54) is 0 Å². The number of pyridine rings is 2. The zero-order valence-electron chi connectivity index (χ0n) is 16.1. The normalized spacial score (nSPS) is 13.1. The molecule has 0 saturated heterocycles. The Kier molecular flexibility index (Phi) is 4.72. The highest BCUT2D eigenvalue weighted by molar-refractivity contribution is 5.91. The van der Waals surface area contributed by atoms with E-state index in [2.05, 4.69) is 25.3 Å². The Morgan fingerprint density at radius 3 is 2.70 bits per heavy atom. The summed E-state index contributed by atoms with van der Waals surface area (Å²) in [4.78, 5) is 28.4. The lowest BCUT2D eigenvalue weighted by Gasteiger charge is -2.11. The molecule has 1 aromatic carbocycles. The lowest BCUT2D eigenvalue weighted by atomic mass is 10.1. The van der Waals surface area contributed by atoms with E-state index in [1.54, 1.807) is 24.7 Å². The molecule has 0 spiro atoms. The Labute approximate surface area is 171 Å². The molecular formula is C22H19N5O3. The molecule has 0 fully saturated rings. The molecule has 8 nitrogen and oxygen atoms in total. The van der Waals surface area contributed by atoms with E-state index in [4.69, 9.17) is 9.47 Å². The van der Waals surface area contributed by atoms with Gasteiger partial charge in [-0.3, -0.25) is 14.8 Å². The number of nitrogens with zero attached hydrogens (tertiary/aromatic N) is 3. The number of fused-ring (bicyclic) bond motifs is 2. The Hall–Kier alpha value is -3.94. The second kappa shape index (κ2) is 7.82. The maximum atomic E-state index is 12.8. The largest absolute Gasteiger partial charge is 0.490 e. The number of aromatic amines is 1. The first-order valence-electron chi connectivity index (χ1n) is 9.70. The minimum atomic E-state index is -0.249. The van der Waals surface area contributed by atoms with Gasteiger partial charge in [-0.25, -0.2) is 4.98 Å². The van der Waals surface area contributed by atoms with Crippen molar-refractivity contribution >= 4 is 17.0 Å². The van der Waals surface area contributed by atoms with Gasteiger partial charge >= 0.3 is 0 Å². The van der Waals surface area contributed by atoms with Gasteiger partial charge in [0.15, 0.2) is 17.1 Å². The molecule has 0 saturated carbocycles. The number of benzene rings is 1. The van der Waals surface area contributed by atoms with Gasteiger partial charge in [-0.1, -0.05) is 6.07 Å². The number of anilines is 1. The van der Waals surface area contributed by atoms with Gasteiger partial charge in [0.1, 0.15) is 0 Å². The minimum Gasteiger partial charge on any atom is -0.490 e. The molecule has 0 amide bonds. The molecule has 0 radical (unpaired) electrons. The van der Waals surface area contributed by atoms with E-state index in [0.717, 1.165) is 34.6 Å². The molecule has 1 aliphatic heterocycles. The van der Waals surface area contributed by atoms with Crippen molar-refractivity contribution in [3.8, 4) is 22.6 Å². The second-order valence-corrected chi connectivity index (χ2v) is 6.89. The van der Waals surface area contributed by atoms with Crippen LogP contribution in [0.2, 0.25) is 0 Å². The average molecular weight is 401 g/mol. The number of hydrogen-bond acceptors (Lipinski definition) is 7. The lowest BCUT2D eigenvalue weighted by molar-refractivity contribution is 0.297. The summed E-state index contributed by atoms with van der Waals surface area (Å²) < 4.78 is 11.4. The van der Waals surface area contributed by atoms with Crippen molar-refractivity contribution in [1.82, 2.24) is 19.9 Å². The van der Waals surface area contributed by atoms with Gasteiger partial charge in [-0.2, -0.15) is 4.98 Å². The van der Waals surface area contributed by atoms with Crippen molar-refractivity contribution in [3.05, 3.63) is 70.9 Å². The molecule has 150 valence electrons. The van der Waals surface area contributed by atoms with Gasteiger partial charge in [0.2, 0.25) is 5.95 Å². The van der Waals surface area contributed by atoms with Crippen molar-refractivity contribution in [1.29, 1.82) is 0 Å². The van der Waals surface area contributed by atoms with Crippen LogP contribution in [0.25, 0.3) is 22.2 Å². The summed E-state index contributed by atoms with van der Waals surface area (Å²) in [6.07, 6.45) is 5.89. The Balaban J connectivity index is 1.42. The van der Waals surface area contributed by atoms with E-state index < -0.39 is 0 Å². The van der Waals surface area contributed by atoms with Crippen molar-refractivity contribution in [2.45, 2.75) is 13.0 Å². The molecule has 4 heterocycles. The van der Waals surface area contributed by atoms with Crippen molar-refractivity contribution in [2.24, 2.45) is 0 Å².